The average Bonchev–Trinajstić information content (AvgIpc) is 2.53. The first-order chi connectivity index (χ1) is 10.6. The number of hydrogen-bond donors (Lipinski definition) is 2. The maximum absolute atomic E-state index is 12.0. The number of aryl methyl sites for hydroxylation is 1. The van der Waals surface area contributed by atoms with E-state index in [1.165, 1.54) is 18.4 Å². The highest BCUT2D eigenvalue weighted by molar-refractivity contribution is 9.10. The molecule has 0 saturated carbocycles. The molecule has 1 aromatic rings. The number of benzene rings is 1. The van der Waals surface area contributed by atoms with Crippen LogP contribution in [0.25, 0.3) is 0 Å². The molecule has 1 aliphatic heterocycles. The lowest BCUT2D eigenvalue weighted by molar-refractivity contribution is -0.122. The van der Waals surface area contributed by atoms with Gasteiger partial charge in [-0.25, -0.2) is 0 Å². The van der Waals surface area contributed by atoms with Crippen LogP contribution in [0.3, 0.4) is 0 Å². The molecule has 1 fully saturated rings. The first-order valence-corrected chi connectivity index (χ1v) is 9.17. The van der Waals surface area contributed by atoms with Crippen LogP contribution in [-0.4, -0.2) is 25.0 Å². The van der Waals surface area contributed by atoms with Crippen LogP contribution in [0.4, 0.5) is 0 Å². The Labute approximate surface area is 154 Å². The van der Waals surface area contributed by atoms with Gasteiger partial charge in [-0.2, -0.15) is 0 Å². The molecule has 1 amide bonds. The molecule has 1 aliphatic rings. The Hall–Kier alpha value is -0.580. The van der Waals surface area contributed by atoms with Gasteiger partial charge in [0.2, 0.25) is 5.91 Å². The molecule has 0 spiro atoms. The number of hydrogen-bond acceptors (Lipinski definition) is 2. The quantitative estimate of drug-likeness (QED) is 0.720. The molecule has 0 aromatic heterocycles. The lowest BCUT2D eigenvalue weighted by Crippen LogP contribution is -2.34. The zero-order valence-electron chi connectivity index (χ0n) is 13.8. The van der Waals surface area contributed by atoms with Gasteiger partial charge in [0.1, 0.15) is 0 Å². The van der Waals surface area contributed by atoms with Crippen LogP contribution >= 0.6 is 28.3 Å². The summed E-state index contributed by atoms with van der Waals surface area (Å²) in [7, 11) is 0. The number of amides is 1. The number of piperidine rings is 1. The molecule has 2 N–H and O–H groups in total. The van der Waals surface area contributed by atoms with Crippen LogP contribution in [0.15, 0.2) is 28.7 Å². The second-order valence-corrected chi connectivity index (χ2v) is 7.28. The van der Waals surface area contributed by atoms with Gasteiger partial charge < -0.3 is 10.6 Å². The second kappa shape index (κ2) is 11.1. The molecule has 130 valence electrons. The number of nitrogens with one attached hydrogen (secondary N) is 2. The van der Waals surface area contributed by atoms with Crippen molar-refractivity contribution in [2.24, 2.45) is 5.92 Å². The summed E-state index contributed by atoms with van der Waals surface area (Å²) >= 11 is 3.45. The highest BCUT2D eigenvalue weighted by atomic mass is 79.9. The predicted molar refractivity (Wildman–Crippen MR) is 102 cm³/mol. The van der Waals surface area contributed by atoms with E-state index in [1.807, 2.05) is 0 Å². The molecule has 3 nitrogen and oxygen atoms in total. The third-order valence-electron chi connectivity index (χ3n) is 4.43. The van der Waals surface area contributed by atoms with Crippen LogP contribution in [0.5, 0.6) is 0 Å². The van der Waals surface area contributed by atoms with Gasteiger partial charge in [-0.05, 0) is 75.7 Å². The van der Waals surface area contributed by atoms with Gasteiger partial charge in [0.15, 0.2) is 0 Å². The van der Waals surface area contributed by atoms with Crippen molar-refractivity contribution >= 4 is 34.2 Å². The fourth-order valence-electron chi connectivity index (χ4n) is 2.96. The van der Waals surface area contributed by atoms with E-state index < -0.39 is 0 Å². The van der Waals surface area contributed by atoms with E-state index in [2.05, 4.69) is 57.8 Å². The van der Waals surface area contributed by atoms with Gasteiger partial charge in [-0.1, -0.05) is 28.1 Å². The fourth-order valence-corrected chi connectivity index (χ4v) is 3.22. The van der Waals surface area contributed by atoms with Crippen LogP contribution in [-0.2, 0) is 11.2 Å². The molecular weight excluding hydrogens is 376 g/mol. The maximum Gasteiger partial charge on any atom is 0.220 e. The Bertz CT molecular complexity index is 461. The average molecular weight is 404 g/mol. The van der Waals surface area contributed by atoms with Crippen LogP contribution in [0.1, 0.15) is 44.6 Å². The molecule has 1 aromatic carbocycles. The van der Waals surface area contributed by atoms with E-state index >= 15 is 0 Å². The summed E-state index contributed by atoms with van der Waals surface area (Å²) in [6.45, 7) is 4.31. The summed E-state index contributed by atoms with van der Waals surface area (Å²) in [5.41, 5.74) is 1.32. The van der Waals surface area contributed by atoms with Gasteiger partial charge in [0, 0.05) is 16.9 Å². The Morgan fingerprint density at radius 2 is 1.96 bits per heavy atom. The molecule has 0 radical (unpaired) electrons. The second-order valence-electron chi connectivity index (χ2n) is 6.37. The van der Waals surface area contributed by atoms with Crippen molar-refractivity contribution in [1.82, 2.24) is 10.6 Å². The standard InChI is InChI=1S/C18H27BrN2O.ClH/c1-14(2-3-15-4-7-17(19)8-5-15)21-18(22)9-6-16-10-12-20-13-11-16;/h4-5,7-8,14,16,20H,2-3,6,9-13H2,1H3,(H,21,22);1H. The van der Waals surface area contributed by atoms with Crippen molar-refractivity contribution in [1.29, 1.82) is 0 Å². The monoisotopic (exact) mass is 402 g/mol. The lowest BCUT2D eigenvalue weighted by atomic mass is 9.93. The SMILES string of the molecule is CC(CCc1ccc(Br)cc1)NC(=O)CCC1CCNCC1.Cl. The van der Waals surface area contributed by atoms with E-state index in [4.69, 9.17) is 0 Å². The summed E-state index contributed by atoms with van der Waals surface area (Å²) in [4.78, 5) is 12.0. The van der Waals surface area contributed by atoms with Gasteiger partial charge in [0.05, 0.1) is 0 Å². The van der Waals surface area contributed by atoms with E-state index in [-0.39, 0.29) is 24.4 Å². The molecule has 1 unspecified atom stereocenters. The Morgan fingerprint density at radius 3 is 2.61 bits per heavy atom. The molecule has 1 heterocycles. The van der Waals surface area contributed by atoms with E-state index in [9.17, 15) is 4.79 Å². The minimum atomic E-state index is 0. The molecule has 0 aliphatic carbocycles. The predicted octanol–water partition coefficient (Wildman–Crippen LogP) is 4.09. The summed E-state index contributed by atoms with van der Waals surface area (Å²) in [6, 6.07) is 8.64. The third kappa shape index (κ3) is 8.18. The number of carbonyl (C=O) groups excluding carboxylic acids is 1. The Kier molecular flexibility index (Phi) is 9.84. The van der Waals surface area contributed by atoms with Gasteiger partial charge in [-0.3, -0.25) is 4.79 Å². The topological polar surface area (TPSA) is 41.1 Å². The summed E-state index contributed by atoms with van der Waals surface area (Å²) < 4.78 is 1.11. The highest BCUT2D eigenvalue weighted by Crippen LogP contribution is 2.17. The van der Waals surface area contributed by atoms with E-state index in [1.54, 1.807) is 0 Å². The zero-order valence-corrected chi connectivity index (χ0v) is 16.2. The van der Waals surface area contributed by atoms with Crippen LogP contribution < -0.4 is 10.6 Å². The smallest absolute Gasteiger partial charge is 0.220 e. The van der Waals surface area contributed by atoms with Crippen LogP contribution in [0.2, 0.25) is 0 Å². The zero-order chi connectivity index (χ0) is 15.8. The summed E-state index contributed by atoms with van der Waals surface area (Å²) in [5.74, 6) is 0.937. The minimum Gasteiger partial charge on any atom is -0.354 e. The largest absolute Gasteiger partial charge is 0.354 e. The Balaban J connectivity index is 0.00000264. The van der Waals surface area contributed by atoms with Crippen molar-refractivity contribution in [3.63, 3.8) is 0 Å². The molecule has 5 heteroatoms. The summed E-state index contributed by atoms with van der Waals surface area (Å²) in [5, 5.41) is 6.50. The molecular formula is C18H28BrClN2O. The summed E-state index contributed by atoms with van der Waals surface area (Å²) in [6.07, 6.45) is 6.13. The van der Waals surface area contributed by atoms with Gasteiger partial charge in [-0.15, -0.1) is 12.4 Å². The Morgan fingerprint density at radius 1 is 1.30 bits per heavy atom. The molecule has 2 rings (SSSR count). The van der Waals surface area contributed by atoms with Crippen molar-refractivity contribution < 1.29 is 4.79 Å². The van der Waals surface area contributed by atoms with E-state index in [0.717, 1.165) is 42.7 Å². The van der Waals surface area contributed by atoms with Gasteiger partial charge >= 0.3 is 0 Å². The number of halogens is 2. The van der Waals surface area contributed by atoms with Crippen molar-refractivity contribution in [2.45, 2.75) is 51.5 Å². The number of rotatable bonds is 7. The fraction of sp³-hybridized carbons (Fsp3) is 0.611. The van der Waals surface area contributed by atoms with Crippen molar-refractivity contribution in [3.05, 3.63) is 34.3 Å². The first kappa shape index (κ1) is 20.5. The normalized spacial score (nSPS) is 16.4. The minimum absolute atomic E-state index is 0. The maximum atomic E-state index is 12.0. The van der Waals surface area contributed by atoms with Crippen LogP contribution in [0, 0.1) is 5.92 Å². The third-order valence-corrected chi connectivity index (χ3v) is 4.95. The van der Waals surface area contributed by atoms with E-state index in [0.29, 0.717) is 6.42 Å². The highest BCUT2D eigenvalue weighted by Gasteiger charge is 2.15. The number of carbonyl (C=O) groups is 1. The molecule has 1 saturated heterocycles. The van der Waals surface area contributed by atoms with Crippen molar-refractivity contribution in [3.8, 4) is 0 Å². The lowest BCUT2D eigenvalue weighted by Gasteiger charge is -2.22. The first-order valence-electron chi connectivity index (χ1n) is 8.38. The molecule has 0 bridgehead atoms. The van der Waals surface area contributed by atoms with Gasteiger partial charge in [0.25, 0.3) is 0 Å². The van der Waals surface area contributed by atoms with Crippen molar-refractivity contribution in [2.75, 3.05) is 13.1 Å². The molecule has 23 heavy (non-hydrogen) atoms. The molecule has 1 atom stereocenters.